The molecule has 0 spiro atoms. The summed E-state index contributed by atoms with van der Waals surface area (Å²) in [5.74, 6) is 1.23. The molecule has 0 fully saturated rings. The van der Waals surface area contributed by atoms with Gasteiger partial charge in [-0.1, -0.05) is 44.2 Å². The maximum Gasteiger partial charge on any atom is 0.223 e. The van der Waals surface area contributed by atoms with E-state index in [0.717, 1.165) is 12.8 Å². The van der Waals surface area contributed by atoms with E-state index < -0.39 is 0 Å². The molecule has 1 rings (SSSR count). The summed E-state index contributed by atoms with van der Waals surface area (Å²) >= 11 is 0. The van der Waals surface area contributed by atoms with Crippen LogP contribution in [0, 0.1) is 6.92 Å². The third kappa shape index (κ3) is 4.42. The van der Waals surface area contributed by atoms with Crippen LogP contribution in [0.25, 0.3) is 0 Å². The molecule has 0 amide bonds. The summed E-state index contributed by atoms with van der Waals surface area (Å²) in [4.78, 5) is 4.12. The average Bonchev–Trinajstić information content (AvgIpc) is 2.64. The van der Waals surface area contributed by atoms with E-state index in [1.54, 1.807) is 6.92 Å². The van der Waals surface area contributed by atoms with Crippen molar-refractivity contribution in [2.24, 2.45) is 5.73 Å². The Labute approximate surface area is 91.2 Å². The summed E-state index contributed by atoms with van der Waals surface area (Å²) in [6, 6.07) is -0.0657. The lowest BCUT2D eigenvalue weighted by molar-refractivity contribution is 0.381. The topological polar surface area (TPSA) is 64.9 Å². The maximum absolute atomic E-state index is 5.94. The highest BCUT2D eigenvalue weighted by atomic mass is 16.5. The molecule has 0 aliphatic rings. The van der Waals surface area contributed by atoms with Crippen LogP contribution >= 0.6 is 0 Å². The van der Waals surface area contributed by atoms with Crippen LogP contribution in [-0.4, -0.2) is 10.1 Å². The molecule has 2 N–H and O–H groups in total. The molecule has 1 aromatic heterocycles. The molecular weight excluding hydrogens is 190 g/mol. The minimum absolute atomic E-state index is 0.0657. The molecule has 4 nitrogen and oxygen atoms in total. The van der Waals surface area contributed by atoms with Crippen molar-refractivity contribution < 1.29 is 4.52 Å². The van der Waals surface area contributed by atoms with Crippen LogP contribution < -0.4 is 5.73 Å². The number of aromatic nitrogens is 2. The third-order valence-corrected chi connectivity index (χ3v) is 2.49. The van der Waals surface area contributed by atoms with Crippen LogP contribution in [0.4, 0.5) is 0 Å². The lowest BCUT2D eigenvalue weighted by atomic mass is 10.1. The summed E-state index contributed by atoms with van der Waals surface area (Å²) < 4.78 is 4.89. The molecule has 86 valence electrons. The minimum Gasteiger partial charge on any atom is -0.340 e. The molecule has 0 radical (unpaired) electrons. The molecule has 1 aromatic rings. The standard InChI is InChI=1S/C11H21N3O/c1-3-4-5-6-7-8-10(12)11-13-9(2)15-14-11/h10H,3-8,12H2,1-2H3. The molecule has 15 heavy (non-hydrogen) atoms. The van der Waals surface area contributed by atoms with Crippen molar-refractivity contribution >= 4 is 0 Å². The molecule has 0 aliphatic heterocycles. The molecule has 0 bridgehead atoms. The van der Waals surface area contributed by atoms with E-state index in [1.165, 1.54) is 25.7 Å². The highest BCUT2D eigenvalue weighted by Crippen LogP contribution is 2.15. The van der Waals surface area contributed by atoms with Gasteiger partial charge in [-0.25, -0.2) is 0 Å². The molecule has 0 saturated carbocycles. The van der Waals surface area contributed by atoms with Gasteiger partial charge in [-0.15, -0.1) is 0 Å². The number of aryl methyl sites for hydroxylation is 1. The lowest BCUT2D eigenvalue weighted by Crippen LogP contribution is -2.11. The Balaban J connectivity index is 2.16. The maximum atomic E-state index is 5.94. The molecule has 0 saturated heterocycles. The van der Waals surface area contributed by atoms with E-state index in [2.05, 4.69) is 17.1 Å². The second-order valence-corrected chi connectivity index (χ2v) is 3.98. The number of nitrogens with zero attached hydrogens (tertiary/aromatic N) is 2. The van der Waals surface area contributed by atoms with E-state index in [0.29, 0.717) is 11.7 Å². The van der Waals surface area contributed by atoms with Crippen LogP contribution in [0.5, 0.6) is 0 Å². The molecule has 1 unspecified atom stereocenters. The Morgan fingerprint density at radius 2 is 2.00 bits per heavy atom. The van der Waals surface area contributed by atoms with Crippen molar-refractivity contribution in [3.63, 3.8) is 0 Å². The van der Waals surface area contributed by atoms with Gasteiger partial charge >= 0.3 is 0 Å². The van der Waals surface area contributed by atoms with Gasteiger partial charge in [0.1, 0.15) is 0 Å². The summed E-state index contributed by atoms with van der Waals surface area (Å²) in [6.45, 7) is 4.00. The van der Waals surface area contributed by atoms with E-state index >= 15 is 0 Å². The SMILES string of the molecule is CCCCCCCC(N)c1noc(C)n1. The lowest BCUT2D eigenvalue weighted by Gasteiger charge is -2.05. The first-order valence-electron chi connectivity index (χ1n) is 5.79. The first-order valence-corrected chi connectivity index (χ1v) is 5.79. The summed E-state index contributed by atoms with van der Waals surface area (Å²) in [5, 5.41) is 3.82. The fourth-order valence-corrected chi connectivity index (χ4v) is 1.56. The van der Waals surface area contributed by atoms with Gasteiger partial charge in [-0.3, -0.25) is 0 Å². The van der Waals surface area contributed by atoms with E-state index in [9.17, 15) is 0 Å². The summed E-state index contributed by atoms with van der Waals surface area (Å²) in [6.07, 6.45) is 7.23. The Bertz CT molecular complexity index is 273. The average molecular weight is 211 g/mol. The first-order chi connectivity index (χ1) is 7.24. The third-order valence-electron chi connectivity index (χ3n) is 2.49. The highest BCUT2D eigenvalue weighted by molar-refractivity contribution is 4.91. The zero-order valence-corrected chi connectivity index (χ0v) is 9.70. The number of rotatable bonds is 7. The van der Waals surface area contributed by atoms with Gasteiger partial charge < -0.3 is 10.3 Å². The number of unbranched alkanes of at least 4 members (excludes halogenated alkanes) is 4. The second kappa shape index (κ2) is 6.56. The molecule has 0 aromatic carbocycles. The predicted octanol–water partition coefficient (Wildman–Crippen LogP) is 2.74. The monoisotopic (exact) mass is 211 g/mol. The first kappa shape index (κ1) is 12.2. The van der Waals surface area contributed by atoms with E-state index in [-0.39, 0.29) is 6.04 Å². The predicted molar refractivity (Wildman–Crippen MR) is 59.3 cm³/mol. The fourth-order valence-electron chi connectivity index (χ4n) is 1.56. The zero-order chi connectivity index (χ0) is 11.1. The molecular formula is C11H21N3O. The molecule has 4 heteroatoms. The number of hydrogen-bond donors (Lipinski definition) is 1. The quantitative estimate of drug-likeness (QED) is 0.704. The number of hydrogen-bond acceptors (Lipinski definition) is 4. The summed E-state index contributed by atoms with van der Waals surface area (Å²) in [7, 11) is 0. The van der Waals surface area contributed by atoms with Crippen LogP contribution in [-0.2, 0) is 0 Å². The van der Waals surface area contributed by atoms with Crippen LogP contribution in [0.2, 0.25) is 0 Å². The molecule has 0 aliphatic carbocycles. The minimum atomic E-state index is -0.0657. The van der Waals surface area contributed by atoms with Crippen LogP contribution in [0.1, 0.15) is 63.2 Å². The van der Waals surface area contributed by atoms with E-state index in [1.807, 2.05) is 0 Å². The zero-order valence-electron chi connectivity index (χ0n) is 9.70. The second-order valence-electron chi connectivity index (χ2n) is 3.98. The van der Waals surface area contributed by atoms with Gasteiger partial charge in [0.2, 0.25) is 5.89 Å². The van der Waals surface area contributed by atoms with Gasteiger partial charge in [0.05, 0.1) is 6.04 Å². The van der Waals surface area contributed by atoms with Crippen molar-refractivity contribution in [3.8, 4) is 0 Å². The summed E-state index contributed by atoms with van der Waals surface area (Å²) in [5.41, 5.74) is 5.94. The Morgan fingerprint density at radius 1 is 1.27 bits per heavy atom. The fraction of sp³-hybridized carbons (Fsp3) is 0.818. The van der Waals surface area contributed by atoms with Crippen molar-refractivity contribution in [2.45, 2.75) is 58.4 Å². The smallest absolute Gasteiger partial charge is 0.223 e. The van der Waals surface area contributed by atoms with Crippen molar-refractivity contribution in [2.75, 3.05) is 0 Å². The van der Waals surface area contributed by atoms with Gasteiger partial charge in [0.15, 0.2) is 5.82 Å². The van der Waals surface area contributed by atoms with Gasteiger partial charge in [-0.2, -0.15) is 4.98 Å². The van der Waals surface area contributed by atoms with E-state index in [4.69, 9.17) is 10.3 Å². The van der Waals surface area contributed by atoms with Crippen LogP contribution in [0.3, 0.4) is 0 Å². The van der Waals surface area contributed by atoms with Gasteiger partial charge in [-0.05, 0) is 6.42 Å². The largest absolute Gasteiger partial charge is 0.340 e. The van der Waals surface area contributed by atoms with Gasteiger partial charge in [0, 0.05) is 6.92 Å². The van der Waals surface area contributed by atoms with Crippen molar-refractivity contribution in [3.05, 3.63) is 11.7 Å². The molecule has 1 atom stereocenters. The van der Waals surface area contributed by atoms with Crippen molar-refractivity contribution in [1.29, 1.82) is 0 Å². The number of nitrogens with two attached hydrogens (primary N) is 1. The van der Waals surface area contributed by atoms with Gasteiger partial charge in [0.25, 0.3) is 0 Å². The van der Waals surface area contributed by atoms with Crippen LogP contribution in [0.15, 0.2) is 4.52 Å². The Hall–Kier alpha value is -0.900. The Morgan fingerprint density at radius 3 is 2.60 bits per heavy atom. The normalized spacial score (nSPS) is 13.0. The van der Waals surface area contributed by atoms with Crippen molar-refractivity contribution in [1.82, 2.24) is 10.1 Å². The Kier molecular flexibility index (Phi) is 5.32. The highest BCUT2D eigenvalue weighted by Gasteiger charge is 2.11. The molecule has 1 heterocycles.